The Balaban J connectivity index is 1.62. The van der Waals surface area contributed by atoms with Crippen molar-refractivity contribution in [2.24, 2.45) is 0 Å². The van der Waals surface area contributed by atoms with Crippen LogP contribution in [0.1, 0.15) is 23.2 Å². The number of nitrogens with one attached hydrogen (secondary N) is 2. The van der Waals surface area contributed by atoms with Crippen LogP contribution in [0.5, 0.6) is 0 Å². The van der Waals surface area contributed by atoms with Crippen LogP contribution in [0, 0.1) is 0 Å². The molecule has 1 aromatic carbocycles. The highest BCUT2D eigenvalue weighted by molar-refractivity contribution is 5.97. The van der Waals surface area contributed by atoms with Crippen LogP contribution in [0.4, 0.5) is 4.79 Å². The summed E-state index contributed by atoms with van der Waals surface area (Å²) < 4.78 is 0. The van der Waals surface area contributed by atoms with Crippen LogP contribution >= 0.6 is 0 Å². The second-order valence-electron chi connectivity index (χ2n) is 5.15. The van der Waals surface area contributed by atoms with Gasteiger partial charge >= 0.3 is 6.09 Å². The van der Waals surface area contributed by atoms with Crippen molar-refractivity contribution in [3.63, 3.8) is 0 Å². The molecule has 0 spiro atoms. The number of fused-ring (bicyclic) bond motifs is 1. The van der Waals surface area contributed by atoms with E-state index in [4.69, 9.17) is 5.11 Å². The Morgan fingerprint density at radius 3 is 2.81 bits per heavy atom. The molecule has 0 radical (unpaired) electrons. The van der Waals surface area contributed by atoms with Crippen molar-refractivity contribution in [3.05, 3.63) is 30.1 Å². The third-order valence-corrected chi connectivity index (χ3v) is 3.78. The van der Waals surface area contributed by atoms with Gasteiger partial charge in [0.15, 0.2) is 0 Å². The molecule has 1 fully saturated rings. The summed E-state index contributed by atoms with van der Waals surface area (Å²) in [5, 5.41) is 11.9. The molecule has 0 atom stereocenters. The van der Waals surface area contributed by atoms with Crippen molar-refractivity contribution in [3.8, 4) is 0 Å². The number of piperidine rings is 1. The average molecular weight is 288 g/mol. The number of imidazole rings is 1. The molecule has 7 heteroatoms. The zero-order valence-electron chi connectivity index (χ0n) is 11.4. The standard InChI is InChI=1S/C14H16N4O3/c19-13(9-1-2-11-12(7-9)16-8-15-11)17-10-3-5-18(6-4-10)14(20)21/h1-2,7-8,10H,3-6H2,(H,15,16)(H,17,19)(H,20,21). The minimum atomic E-state index is -0.899. The summed E-state index contributed by atoms with van der Waals surface area (Å²) in [7, 11) is 0. The molecule has 3 rings (SSSR count). The van der Waals surface area contributed by atoms with Crippen LogP contribution in [0.25, 0.3) is 11.0 Å². The van der Waals surface area contributed by atoms with Gasteiger partial charge < -0.3 is 20.3 Å². The fourth-order valence-corrected chi connectivity index (χ4v) is 2.56. The van der Waals surface area contributed by atoms with Crippen LogP contribution in [0.2, 0.25) is 0 Å². The molecule has 1 aromatic heterocycles. The number of benzene rings is 1. The normalized spacial score (nSPS) is 16.1. The van der Waals surface area contributed by atoms with Crippen molar-refractivity contribution >= 4 is 23.0 Å². The maximum atomic E-state index is 12.2. The molecule has 7 nitrogen and oxygen atoms in total. The number of aromatic nitrogens is 2. The van der Waals surface area contributed by atoms with Gasteiger partial charge in [-0.1, -0.05) is 0 Å². The molecule has 3 N–H and O–H groups in total. The molecule has 0 saturated carbocycles. The topological polar surface area (TPSA) is 98.3 Å². The van der Waals surface area contributed by atoms with E-state index in [9.17, 15) is 9.59 Å². The Kier molecular flexibility index (Phi) is 3.47. The van der Waals surface area contributed by atoms with Crippen molar-refractivity contribution in [2.75, 3.05) is 13.1 Å². The summed E-state index contributed by atoms with van der Waals surface area (Å²) in [6.45, 7) is 0.916. The quantitative estimate of drug-likeness (QED) is 0.778. The van der Waals surface area contributed by atoms with Crippen molar-refractivity contribution in [2.45, 2.75) is 18.9 Å². The van der Waals surface area contributed by atoms with Crippen molar-refractivity contribution < 1.29 is 14.7 Å². The number of carbonyl (C=O) groups is 2. The third-order valence-electron chi connectivity index (χ3n) is 3.78. The van der Waals surface area contributed by atoms with Crippen molar-refractivity contribution in [1.82, 2.24) is 20.2 Å². The number of rotatable bonds is 2. The third kappa shape index (κ3) is 2.81. The maximum Gasteiger partial charge on any atom is 0.407 e. The molecule has 0 aliphatic carbocycles. The number of aromatic amines is 1. The number of amides is 2. The second-order valence-corrected chi connectivity index (χ2v) is 5.15. The summed E-state index contributed by atoms with van der Waals surface area (Å²) in [6, 6.07) is 5.33. The largest absolute Gasteiger partial charge is 0.465 e. The predicted molar refractivity (Wildman–Crippen MR) is 76.2 cm³/mol. The minimum Gasteiger partial charge on any atom is -0.465 e. The summed E-state index contributed by atoms with van der Waals surface area (Å²) in [6.07, 6.45) is 1.98. The lowest BCUT2D eigenvalue weighted by Crippen LogP contribution is -2.46. The van der Waals surface area contributed by atoms with E-state index < -0.39 is 6.09 Å². The fraction of sp³-hybridized carbons (Fsp3) is 0.357. The van der Waals surface area contributed by atoms with Crippen LogP contribution in [0.3, 0.4) is 0 Å². The van der Waals surface area contributed by atoms with Gasteiger partial charge in [-0.3, -0.25) is 4.79 Å². The number of H-pyrrole nitrogens is 1. The number of hydrogen-bond acceptors (Lipinski definition) is 3. The van der Waals surface area contributed by atoms with Gasteiger partial charge in [-0.25, -0.2) is 9.78 Å². The van der Waals surface area contributed by atoms with Crippen LogP contribution in [0.15, 0.2) is 24.5 Å². The number of nitrogens with zero attached hydrogens (tertiary/aromatic N) is 2. The van der Waals surface area contributed by atoms with E-state index in [1.54, 1.807) is 24.5 Å². The molecular formula is C14H16N4O3. The first-order valence-corrected chi connectivity index (χ1v) is 6.85. The Morgan fingerprint density at radius 1 is 1.33 bits per heavy atom. The lowest BCUT2D eigenvalue weighted by atomic mass is 10.0. The number of hydrogen-bond donors (Lipinski definition) is 3. The zero-order chi connectivity index (χ0) is 14.8. The zero-order valence-corrected chi connectivity index (χ0v) is 11.4. The van der Waals surface area contributed by atoms with Crippen LogP contribution < -0.4 is 5.32 Å². The molecule has 2 heterocycles. The first-order valence-electron chi connectivity index (χ1n) is 6.85. The van der Waals surface area contributed by atoms with Gasteiger partial charge in [-0.2, -0.15) is 0 Å². The molecule has 2 aromatic rings. The first-order chi connectivity index (χ1) is 10.1. The fourth-order valence-electron chi connectivity index (χ4n) is 2.56. The number of carbonyl (C=O) groups excluding carboxylic acids is 1. The summed E-state index contributed by atoms with van der Waals surface area (Å²) in [5.41, 5.74) is 2.22. The monoisotopic (exact) mass is 288 g/mol. The lowest BCUT2D eigenvalue weighted by Gasteiger charge is -2.30. The van der Waals surface area contributed by atoms with E-state index in [0.717, 1.165) is 11.0 Å². The van der Waals surface area contributed by atoms with E-state index in [0.29, 0.717) is 31.5 Å². The smallest absolute Gasteiger partial charge is 0.407 e. The molecule has 1 aliphatic rings. The molecule has 21 heavy (non-hydrogen) atoms. The average Bonchev–Trinajstić information content (AvgIpc) is 2.95. The molecule has 0 bridgehead atoms. The van der Waals surface area contributed by atoms with Gasteiger partial charge in [-0.15, -0.1) is 0 Å². The molecule has 1 aliphatic heterocycles. The Labute approximate surface area is 121 Å². The van der Waals surface area contributed by atoms with Gasteiger partial charge in [0.2, 0.25) is 0 Å². The van der Waals surface area contributed by atoms with E-state index in [1.807, 2.05) is 0 Å². The van der Waals surface area contributed by atoms with Gasteiger partial charge in [0.05, 0.1) is 17.4 Å². The summed E-state index contributed by atoms with van der Waals surface area (Å²) in [5.74, 6) is -0.139. The second kappa shape index (κ2) is 5.43. The first kappa shape index (κ1) is 13.4. The van der Waals surface area contributed by atoms with Gasteiger partial charge in [0.1, 0.15) is 0 Å². The highest BCUT2D eigenvalue weighted by Crippen LogP contribution is 2.14. The Morgan fingerprint density at radius 2 is 2.10 bits per heavy atom. The number of carboxylic acid groups (broad SMARTS) is 1. The molecular weight excluding hydrogens is 272 g/mol. The molecule has 1 saturated heterocycles. The van der Waals surface area contributed by atoms with E-state index in [1.165, 1.54) is 4.90 Å². The van der Waals surface area contributed by atoms with E-state index >= 15 is 0 Å². The van der Waals surface area contributed by atoms with Gasteiger partial charge in [0.25, 0.3) is 5.91 Å². The van der Waals surface area contributed by atoms with E-state index in [-0.39, 0.29) is 11.9 Å². The molecule has 110 valence electrons. The molecule has 0 unspecified atom stereocenters. The Bertz CT molecular complexity index is 674. The summed E-state index contributed by atoms with van der Waals surface area (Å²) >= 11 is 0. The maximum absolute atomic E-state index is 12.2. The summed E-state index contributed by atoms with van der Waals surface area (Å²) in [4.78, 5) is 31.5. The van der Waals surface area contributed by atoms with E-state index in [2.05, 4.69) is 15.3 Å². The molecule has 2 amide bonds. The number of likely N-dealkylation sites (tertiary alicyclic amines) is 1. The van der Waals surface area contributed by atoms with Gasteiger partial charge in [-0.05, 0) is 31.0 Å². The minimum absolute atomic E-state index is 0.0190. The highest BCUT2D eigenvalue weighted by atomic mass is 16.4. The highest BCUT2D eigenvalue weighted by Gasteiger charge is 2.23. The Hall–Kier alpha value is -2.57. The van der Waals surface area contributed by atoms with Crippen LogP contribution in [-0.4, -0.2) is 51.1 Å². The van der Waals surface area contributed by atoms with Gasteiger partial charge in [0, 0.05) is 24.7 Å². The predicted octanol–water partition coefficient (Wildman–Crippen LogP) is 1.44. The van der Waals surface area contributed by atoms with Crippen LogP contribution in [-0.2, 0) is 0 Å². The SMILES string of the molecule is O=C(NC1CCN(C(=O)O)CC1)c1ccc2nc[nH]c2c1. The van der Waals surface area contributed by atoms with Crippen molar-refractivity contribution in [1.29, 1.82) is 0 Å². The lowest BCUT2D eigenvalue weighted by molar-refractivity contribution is 0.0907.